The third-order valence-corrected chi connectivity index (χ3v) is 20.5. The molecule has 4 fully saturated rings. The summed E-state index contributed by atoms with van der Waals surface area (Å²) in [4.78, 5) is 81.4. The first-order valence-electron chi connectivity index (χ1n) is 30.9. The maximum atomic E-state index is 18.4. The molecule has 1 saturated heterocycles. The van der Waals surface area contributed by atoms with Crippen molar-refractivity contribution < 1.29 is 79.7 Å². The number of Topliss-reactive ketones (excluding diaryl/α,β-unsaturated/α-hetero) is 2. The zero-order chi connectivity index (χ0) is 65.1. The molecule has 0 radical (unpaired) electrons. The highest BCUT2D eigenvalue weighted by Gasteiger charge is 2.80. The standard InChI is InChI=1S/C70H83F2N2O15P/c1-64(2,3)86-60(79)28-27-44(33-47(76)38-73-63(81)83-39-52-50-21-14-12-19-48(50)49-20-13-15-22-51(49)52)61(80)74-45-18-16-17-42(32-45)31-41-23-25-43(26-24-41)62-85-59-36-53-54-35-56(71)55-34-46(75)29-30-67(55,10)69(54,72)57(77)37-68(53,11)70(59,87-62)58(78)40-84-90(82,88-65(4,5)6)89-66(7,8)9/h12-26,29-30,32,34,44,52-54,56-57,59,62,77H,27-28,31,33,35-40H2,1-11H3,(H,73,81)(H,74,80)/t44-,53+,54+,56+,57+,59-,62-,67+,68+,69+,70-/m1/s1. The number of esters is 1. The normalized spacial score (nSPS) is 28.1. The van der Waals surface area contributed by atoms with Crippen molar-refractivity contribution in [2.45, 2.75) is 180 Å². The van der Waals surface area contributed by atoms with Gasteiger partial charge in [0.2, 0.25) is 5.91 Å². The Morgan fingerprint density at radius 3 is 2.09 bits per heavy atom. The zero-order valence-corrected chi connectivity index (χ0v) is 53.9. The van der Waals surface area contributed by atoms with Crippen molar-refractivity contribution in [2.24, 2.45) is 28.6 Å². The molecule has 0 spiro atoms. The predicted molar refractivity (Wildman–Crippen MR) is 331 cm³/mol. The van der Waals surface area contributed by atoms with Crippen LogP contribution in [-0.4, -0.2) is 107 Å². The van der Waals surface area contributed by atoms with Gasteiger partial charge in [0.05, 0.1) is 30.0 Å². The van der Waals surface area contributed by atoms with E-state index in [2.05, 4.69) is 10.6 Å². The van der Waals surface area contributed by atoms with Crippen molar-refractivity contribution in [3.63, 3.8) is 0 Å². The number of nitrogens with one attached hydrogen (secondary N) is 2. The van der Waals surface area contributed by atoms with E-state index in [1.807, 2.05) is 66.7 Å². The van der Waals surface area contributed by atoms with Crippen LogP contribution in [0.1, 0.15) is 155 Å². The molecule has 1 aliphatic heterocycles. The lowest BCUT2D eigenvalue weighted by Crippen LogP contribution is -2.70. The molecule has 2 amide bonds. The number of benzene rings is 4. The number of ether oxygens (including phenoxy) is 4. The Morgan fingerprint density at radius 1 is 0.811 bits per heavy atom. The summed E-state index contributed by atoms with van der Waals surface area (Å²) in [5.41, 5.74) is -3.62. The van der Waals surface area contributed by atoms with Gasteiger partial charge in [-0.05, 0) is 170 Å². The quantitative estimate of drug-likeness (QED) is 0.0552. The molecule has 17 nitrogen and oxygen atoms in total. The van der Waals surface area contributed by atoms with Gasteiger partial charge in [0.15, 0.2) is 34.9 Å². The highest BCUT2D eigenvalue weighted by Crippen LogP contribution is 2.73. The average Bonchev–Trinajstić information content (AvgIpc) is 1.38. The summed E-state index contributed by atoms with van der Waals surface area (Å²) in [6, 6.07) is 30.3. The number of rotatable bonds is 20. The van der Waals surface area contributed by atoms with Crippen molar-refractivity contribution in [1.82, 2.24) is 5.32 Å². The van der Waals surface area contributed by atoms with Gasteiger partial charge in [-0.25, -0.2) is 18.1 Å². The Hall–Kier alpha value is -6.57. The largest absolute Gasteiger partial charge is 0.476 e. The van der Waals surface area contributed by atoms with Gasteiger partial charge in [-0.15, -0.1) is 0 Å². The van der Waals surface area contributed by atoms with Gasteiger partial charge in [-0.1, -0.05) is 97.9 Å². The highest BCUT2D eigenvalue weighted by molar-refractivity contribution is 7.48. The topological polar surface area (TPSA) is 228 Å². The summed E-state index contributed by atoms with van der Waals surface area (Å²) in [5.74, 6) is -5.81. The van der Waals surface area contributed by atoms with Crippen LogP contribution < -0.4 is 10.6 Å². The molecule has 0 aromatic heterocycles. The molecule has 3 N–H and O–H groups in total. The molecule has 0 unspecified atom stereocenters. The van der Waals surface area contributed by atoms with E-state index in [9.17, 15) is 33.6 Å². The van der Waals surface area contributed by atoms with Crippen molar-refractivity contribution in [3.05, 3.63) is 149 Å². The molecule has 6 aliphatic rings. The van der Waals surface area contributed by atoms with Gasteiger partial charge >= 0.3 is 19.9 Å². The summed E-state index contributed by atoms with van der Waals surface area (Å²) in [6.45, 7) is 17.2. The highest BCUT2D eigenvalue weighted by atomic mass is 31.2. The van der Waals surface area contributed by atoms with Crippen LogP contribution in [0, 0.1) is 28.6 Å². The number of carbonyl (C=O) groups excluding carboxylic acids is 6. The van der Waals surface area contributed by atoms with E-state index in [4.69, 9.17) is 32.5 Å². The maximum Gasteiger partial charge on any atom is 0.476 e. The van der Waals surface area contributed by atoms with E-state index in [0.29, 0.717) is 17.7 Å². The minimum Gasteiger partial charge on any atom is -0.460 e. The summed E-state index contributed by atoms with van der Waals surface area (Å²) < 4.78 is 91.7. The summed E-state index contributed by atoms with van der Waals surface area (Å²) in [6.07, 6.45) is -3.62. The van der Waals surface area contributed by atoms with E-state index < -0.39 is 138 Å². The molecule has 10 rings (SSSR count). The van der Waals surface area contributed by atoms with Crippen LogP contribution in [0.5, 0.6) is 0 Å². The molecule has 20 heteroatoms. The SMILES string of the molecule is CC(C)(C)OC(=O)CC[C@H](CC(=O)CNC(=O)OCC1c2ccccc2-c2ccccc21)C(=O)Nc1cccc(Cc2ccc([C@@H]3O[C@@H]4C[C@H]5[C@@H]6C[C@H](F)C7=CC(=O)C=C[C@]7(C)[C@@]6(F)[C@@H](O)C[C@]5(C)[C@]4(C(=O)COP(=O)(OC(C)(C)C)OC(C)(C)C)O3)cc2)c1. The van der Waals surface area contributed by atoms with Crippen LogP contribution in [0.3, 0.4) is 0 Å². The van der Waals surface area contributed by atoms with Crippen LogP contribution >= 0.6 is 7.82 Å². The number of phosphoric ester groups is 1. The van der Waals surface area contributed by atoms with Crippen molar-refractivity contribution >= 4 is 48.8 Å². The lowest BCUT2D eigenvalue weighted by molar-refractivity contribution is -0.235. The van der Waals surface area contributed by atoms with Gasteiger partial charge in [0, 0.05) is 52.7 Å². The number of hydrogen-bond acceptors (Lipinski definition) is 15. The number of carbonyl (C=O) groups is 6. The third-order valence-electron chi connectivity index (χ3n) is 18.5. The van der Waals surface area contributed by atoms with E-state index in [1.165, 1.54) is 19.1 Å². The summed E-state index contributed by atoms with van der Waals surface area (Å²) in [7, 11) is -4.48. The van der Waals surface area contributed by atoms with Gasteiger partial charge in [0.1, 0.15) is 25.0 Å². The zero-order valence-electron chi connectivity index (χ0n) is 53.0. The second-order valence-corrected chi connectivity index (χ2v) is 29.8. The molecule has 0 bridgehead atoms. The number of alkyl carbamates (subject to hydrolysis) is 1. The number of fused-ring (bicyclic) bond motifs is 10. The molecule has 11 atom stereocenters. The Kier molecular flexibility index (Phi) is 18.3. The van der Waals surface area contributed by atoms with Crippen molar-refractivity contribution in [2.75, 3.05) is 25.1 Å². The number of hydrogen-bond donors (Lipinski definition) is 3. The number of anilines is 1. The number of alkyl halides is 2. The van der Waals surface area contributed by atoms with Gasteiger partial charge in [-0.2, -0.15) is 0 Å². The Bertz CT molecular complexity index is 3500. The van der Waals surface area contributed by atoms with Crippen molar-refractivity contribution in [3.8, 4) is 11.1 Å². The number of aliphatic hydroxyl groups excluding tert-OH is 1. The van der Waals surface area contributed by atoms with Gasteiger partial charge in [0.25, 0.3) is 0 Å². The third kappa shape index (κ3) is 13.2. The molecule has 3 saturated carbocycles. The number of allylic oxidation sites excluding steroid dienone is 4. The molecule has 4 aromatic carbocycles. The second kappa shape index (κ2) is 24.8. The van der Waals surface area contributed by atoms with Gasteiger partial charge < -0.3 is 34.7 Å². The van der Waals surface area contributed by atoms with Gasteiger partial charge in [-0.3, -0.25) is 37.5 Å². The van der Waals surface area contributed by atoms with Crippen LogP contribution in [0.4, 0.5) is 19.3 Å². The minimum atomic E-state index is -4.48. The molecule has 4 aromatic rings. The first-order chi connectivity index (χ1) is 42.1. The lowest BCUT2D eigenvalue weighted by Gasteiger charge is -2.63. The van der Waals surface area contributed by atoms with E-state index in [1.54, 1.807) is 99.6 Å². The summed E-state index contributed by atoms with van der Waals surface area (Å²) >= 11 is 0. The first kappa shape index (κ1) is 66.4. The summed E-state index contributed by atoms with van der Waals surface area (Å²) in [5, 5.41) is 17.7. The maximum absolute atomic E-state index is 18.4. The number of phosphoric acid groups is 1. The molecule has 5 aliphatic carbocycles. The fraction of sp³-hybridized carbons (Fsp3) is 0.514. The Labute approximate surface area is 525 Å². The number of halogens is 2. The van der Waals surface area contributed by atoms with Crippen LogP contribution in [0.25, 0.3) is 11.1 Å². The molecular formula is C70H83F2N2O15P. The minimum absolute atomic E-state index is 0.0112. The average molecular weight is 1260 g/mol. The predicted octanol–water partition coefficient (Wildman–Crippen LogP) is 12.9. The smallest absolute Gasteiger partial charge is 0.460 e. The monoisotopic (exact) mass is 1260 g/mol. The number of ketones is 3. The fourth-order valence-electron chi connectivity index (χ4n) is 14.8. The van der Waals surface area contributed by atoms with E-state index >= 15 is 13.6 Å². The lowest BCUT2D eigenvalue weighted by atomic mass is 9.44. The fourth-order valence-corrected chi connectivity index (χ4v) is 16.6. The molecule has 1 heterocycles. The van der Waals surface area contributed by atoms with Crippen LogP contribution in [0.15, 0.2) is 121 Å². The Balaban J connectivity index is 0.827. The second-order valence-electron chi connectivity index (χ2n) is 28.3. The first-order valence-corrected chi connectivity index (χ1v) is 32.4. The molecule has 90 heavy (non-hydrogen) atoms. The van der Waals surface area contributed by atoms with Crippen LogP contribution in [0.2, 0.25) is 0 Å². The molecule has 482 valence electrons. The number of amides is 2. The van der Waals surface area contributed by atoms with Crippen LogP contribution in [-0.2, 0) is 67.5 Å². The van der Waals surface area contributed by atoms with E-state index in [0.717, 1.165) is 39.5 Å². The molecular weight excluding hydrogens is 1180 g/mol. The Morgan fingerprint density at radius 2 is 1.46 bits per heavy atom. The number of aliphatic hydroxyl groups is 1. The van der Waals surface area contributed by atoms with Crippen molar-refractivity contribution in [1.29, 1.82) is 0 Å². The van der Waals surface area contributed by atoms with E-state index in [-0.39, 0.29) is 56.6 Å².